The van der Waals surface area contributed by atoms with Gasteiger partial charge in [-0.1, -0.05) is 121 Å². The van der Waals surface area contributed by atoms with Crippen molar-refractivity contribution in [3.63, 3.8) is 0 Å². The van der Waals surface area contributed by atoms with Gasteiger partial charge in [-0.15, -0.1) is 0 Å². The van der Waals surface area contributed by atoms with Crippen LogP contribution in [0.2, 0.25) is 0 Å². The van der Waals surface area contributed by atoms with Crippen LogP contribution in [0.5, 0.6) is 5.75 Å². The molecule has 0 bridgehead atoms. The summed E-state index contributed by atoms with van der Waals surface area (Å²) in [5.41, 5.74) is 1.96. The van der Waals surface area contributed by atoms with Gasteiger partial charge in [0.2, 0.25) is 0 Å². The maximum Gasteiger partial charge on any atom is 0.141 e. The number of aliphatic hydroxyl groups is 1. The van der Waals surface area contributed by atoms with Crippen molar-refractivity contribution in [1.82, 2.24) is 0 Å². The first-order valence-electron chi connectivity index (χ1n) is 11.3. The highest BCUT2D eigenvalue weighted by Crippen LogP contribution is 2.45. The topological polar surface area (TPSA) is 52.8 Å². The summed E-state index contributed by atoms with van der Waals surface area (Å²) in [4.78, 5) is 5.12. The van der Waals surface area contributed by atoms with Crippen LogP contribution in [0.25, 0.3) is 10.8 Å². The van der Waals surface area contributed by atoms with Gasteiger partial charge in [0, 0.05) is 11.8 Å². The summed E-state index contributed by atoms with van der Waals surface area (Å²) in [6.45, 7) is 0. The molecule has 3 heteroatoms. The number of hydrogen-bond acceptors (Lipinski definition) is 3. The van der Waals surface area contributed by atoms with E-state index in [-0.39, 0.29) is 5.75 Å². The first-order valence-corrected chi connectivity index (χ1v) is 11.3. The Morgan fingerprint density at radius 2 is 1.15 bits per heavy atom. The third-order valence-electron chi connectivity index (χ3n) is 6.28. The molecule has 0 saturated carbocycles. The Labute approximate surface area is 199 Å². The van der Waals surface area contributed by atoms with Gasteiger partial charge < -0.3 is 10.2 Å². The second-order valence-corrected chi connectivity index (χ2v) is 8.29. The van der Waals surface area contributed by atoms with Crippen LogP contribution < -0.4 is 0 Å². The summed E-state index contributed by atoms with van der Waals surface area (Å²) in [6.07, 6.45) is 0.732. The highest BCUT2D eigenvalue weighted by molar-refractivity contribution is 6.02. The Balaban J connectivity index is 1.79. The molecule has 5 aromatic rings. The van der Waals surface area contributed by atoms with E-state index in [4.69, 9.17) is 4.99 Å². The number of aliphatic hydroxyl groups excluding tert-OH is 1. The van der Waals surface area contributed by atoms with Crippen molar-refractivity contribution in [3.8, 4) is 5.75 Å². The number of aliphatic imine (C=N–C) groups is 1. The van der Waals surface area contributed by atoms with E-state index in [1.54, 1.807) is 12.3 Å². The molecule has 0 saturated heterocycles. The minimum absolute atomic E-state index is 0.145. The summed E-state index contributed by atoms with van der Waals surface area (Å²) >= 11 is 0. The first-order chi connectivity index (χ1) is 16.7. The molecule has 5 rings (SSSR count). The zero-order valence-electron chi connectivity index (χ0n) is 18.6. The van der Waals surface area contributed by atoms with E-state index in [9.17, 15) is 10.2 Å². The number of rotatable bonds is 6. The summed E-state index contributed by atoms with van der Waals surface area (Å²) < 4.78 is 0. The van der Waals surface area contributed by atoms with Crippen LogP contribution in [-0.4, -0.2) is 16.4 Å². The lowest BCUT2D eigenvalue weighted by molar-refractivity contribution is 0.107. The molecule has 0 amide bonds. The molecule has 0 fully saturated rings. The van der Waals surface area contributed by atoms with Crippen LogP contribution >= 0.6 is 0 Å². The molecule has 0 spiro atoms. The van der Waals surface area contributed by atoms with Crippen LogP contribution in [0.3, 0.4) is 0 Å². The van der Waals surface area contributed by atoms with Gasteiger partial charge in [-0.25, -0.2) is 0 Å². The van der Waals surface area contributed by atoms with Crippen molar-refractivity contribution < 1.29 is 10.2 Å². The summed E-state index contributed by atoms with van der Waals surface area (Å²) in [7, 11) is 0. The zero-order chi connectivity index (χ0) is 23.4. The Morgan fingerprint density at radius 3 is 1.76 bits per heavy atom. The number of benzene rings is 5. The summed E-state index contributed by atoms with van der Waals surface area (Å²) in [5, 5.41) is 24.6. The van der Waals surface area contributed by atoms with E-state index in [2.05, 4.69) is 0 Å². The van der Waals surface area contributed by atoms with E-state index in [1.165, 1.54) is 0 Å². The fourth-order valence-electron chi connectivity index (χ4n) is 4.55. The van der Waals surface area contributed by atoms with Crippen LogP contribution in [0.1, 0.15) is 28.4 Å². The van der Waals surface area contributed by atoms with Crippen molar-refractivity contribution in [3.05, 3.63) is 150 Å². The van der Waals surface area contributed by atoms with E-state index in [0.717, 1.165) is 27.5 Å². The average molecular weight is 444 g/mol. The average Bonchev–Trinajstić information content (AvgIpc) is 2.91. The Bertz CT molecular complexity index is 1370. The molecular weight excluding hydrogens is 418 g/mol. The predicted octanol–water partition coefficient (Wildman–Crippen LogP) is 6.64. The van der Waals surface area contributed by atoms with Crippen LogP contribution in [0.15, 0.2) is 132 Å². The normalized spacial score (nSPS) is 12.7. The van der Waals surface area contributed by atoms with Crippen LogP contribution in [0.4, 0.5) is 0 Å². The van der Waals surface area contributed by atoms with Gasteiger partial charge in [0.1, 0.15) is 17.4 Å². The third kappa shape index (κ3) is 3.87. The van der Waals surface area contributed by atoms with Crippen molar-refractivity contribution in [1.29, 1.82) is 0 Å². The minimum atomic E-state index is -1.13. The predicted molar refractivity (Wildman–Crippen MR) is 138 cm³/mol. The van der Waals surface area contributed by atoms with Crippen molar-refractivity contribution in [2.45, 2.75) is 11.6 Å². The Morgan fingerprint density at radius 1 is 0.618 bits per heavy atom. The molecule has 34 heavy (non-hydrogen) atoms. The van der Waals surface area contributed by atoms with E-state index in [1.807, 2.05) is 121 Å². The Hall–Kier alpha value is -4.21. The molecule has 2 N–H and O–H groups in total. The molecule has 0 aliphatic carbocycles. The standard InChI is InChI=1S/C31H25NO2/c33-29-21-20-23-12-10-11-19-27(23)28(29)22-32-31(25-15-6-2-7-16-25,26-17-8-3-9-18-26)30(34)24-13-4-1-5-14-24/h1-22,30,33-34H/t30-/m1/s1. The molecule has 0 aliphatic rings. The lowest BCUT2D eigenvalue weighted by atomic mass is 9.76. The maximum absolute atomic E-state index is 11.9. The Kier molecular flexibility index (Phi) is 5.94. The van der Waals surface area contributed by atoms with E-state index >= 15 is 0 Å². The van der Waals surface area contributed by atoms with Gasteiger partial charge in [0.25, 0.3) is 0 Å². The summed E-state index contributed by atoms with van der Waals surface area (Å²) in [5.74, 6) is 0.145. The molecule has 3 nitrogen and oxygen atoms in total. The molecule has 0 aliphatic heterocycles. The molecule has 0 radical (unpaired) electrons. The molecule has 5 aromatic carbocycles. The molecule has 0 unspecified atom stereocenters. The monoisotopic (exact) mass is 443 g/mol. The van der Waals surface area contributed by atoms with Crippen molar-refractivity contribution in [2.24, 2.45) is 4.99 Å². The fraction of sp³-hybridized carbons (Fsp3) is 0.0645. The summed E-state index contributed by atoms with van der Waals surface area (Å²) in [6, 6.07) is 40.7. The zero-order valence-corrected chi connectivity index (χ0v) is 18.6. The number of phenols is 1. The van der Waals surface area contributed by atoms with Gasteiger partial charge in [0.15, 0.2) is 0 Å². The quantitative estimate of drug-likeness (QED) is 0.289. The van der Waals surface area contributed by atoms with Gasteiger partial charge in [-0.3, -0.25) is 4.99 Å². The minimum Gasteiger partial charge on any atom is -0.507 e. The SMILES string of the molecule is Oc1ccc2ccccc2c1C=NC(c1ccccc1)(c1ccccc1)[C@H](O)c1ccccc1. The molecule has 0 aromatic heterocycles. The maximum atomic E-state index is 11.9. The van der Waals surface area contributed by atoms with Crippen LogP contribution in [0, 0.1) is 0 Å². The fourth-order valence-corrected chi connectivity index (χ4v) is 4.55. The highest BCUT2D eigenvalue weighted by atomic mass is 16.3. The smallest absolute Gasteiger partial charge is 0.141 e. The van der Waals surface area contributed by atoms with Crippen LogP contribution in [-0.2, 0) is 5.54 Å². The first kappa shape index (κ1) is 21.6. The van der Waals surface area contributed by atoms with E-state index in [0.29, 0.717) is 5.56 Å². The third-order valence-corrected chi connectivity index (χ3v) is 6.28. The second kappa shape index (κ2) is 9.34. The van der Waals surface area contributed by atoms with Gasteiger partial charge in [-0.2, -0.15) is 0 Å². The van der Waals surface area contributed by atoms with E-state index < -0.39 is 11.6 Å². The van der Waals surface area contributed by atoms with Gasteiger partial charge in [-0.05, 0) is 33.5 Å². The second-order valence-electron chi connectivity index (χ2n) is 8.29. The highest BCUT2D eigenvalue weighted by Gasteiger charge is 2.42. The number of phenolic OH excluding ortho intramolecular Hbond substituents is 1. The van der Waals surface area contributed by atoms with Gasteiger partial charge >= 0.3 is 0 Å². The lowest BCUT2D eigenvalue weighted by Crippen LogP contribution is -2.33. The number of aromatic hydroxyl groups is 1. The largest absolute Gasteiger partial charge is 0.507 e. The number of nitrogens with zero attached hydrogens (tertiary/aromatic N) is 1. The van der Waals surface area contributed by atoms with Crippen molar-refractivity contribution in [2.75, 3.05) is 0 Å². The molecule has 1 atom stereocenters. The molecule has 0 heterocycles. The van der Waals surface area contributed by atoms with Crippen molar-refractivity contribution >= 4 is 17.0 Å². The number of fused-ring (bicyclic) bond motifs is 1. The number of hydrogen-bond donors (Lipinski definition) is 2. The molecular formula is C31H25NO2. The molecule has 166 valence electrons. The van der Waals surface area contributed by atoms with Gasteiger partial charge in [0.05, 0.1) is 0 Å². The lowest BCUT2D eigenvalue weighted by Gasteiger charge is -2.36.